The van der Waals surface area contributed by atoms with E-state index in [9.17, 15) is 14.2 Å². The van der Waals surface area contributed by atoms with E-state index < -0.39 is 18.2 Å². The second-order valence-corrected chi connectivity index (χ2v) is 13.9. The summed E-state index contributed by atoms with van der Waals surface area (Å²) in [5.74, 6) is 0. The number of H-pyrrole nitrogens is 1. The number of aromatic nitrogens is 1. The molecule has 0 bridgehead atoms. The van der Waals surface area contributed by atoms with Gasteiger partial charge >= 0.3 is 0 Å². The van der Waals surface area contributed by atoms with Gasteiger partial charge in [-0.15, -0.1) is 0 Å². The van der Waals surface area contributed by atoms with Crippen molar-refractivity contribution in [3.05, 3.63) is 148 Å². The van der Waals surface area contributed by atoms with Crippen LogP contribution >= 0.6 is 7.14 Å². The molecule has 0 spiro atoms. The van der Waals surface area contributed by atoms with Gasteiger partial charge in [0, 0.05) is 38.2 Å². The SMILES string of the molecule is Cc1cc(C)c(C(=O)P(=O)(C(=O)c2c(C)cc(C)cc2C)c2ccccc2)c(C)c1.c1ccc2c(c1)[nH]c1ccccc12. The number of fused-ring (bicyclic) bond motifs is 3. The van der Waals surface area contributed by atoms with Crippen LogP contribution in [0.15, 0.2) is 103 Å². The lowest BCUT2D eigenvalue weighted by Crippen LogP contribution is -2.23. The van der Waals surface area contributed by atoms with Crippen molar-refractivity contribution in [2.45, 2.75) is 41.5 Å². The van der Waals surface area contributed by atoms with Crippen LogP contribution in [0, 0.1) is 41.5 Å². The number of hydrogen-bond donors (Lipinski definition) is 1. The van der Waals surface area contributed by atoms with E-state index in [0.717, 1.165) is 33.4 Å². The third-order valence-electron chi connectivity index (χ3n) is 7.89. The molecule has 0 fully saturated rings. The van der Waals surface area contributed by atoms with Crippen LogP contribution < -0.4 is 5.30 Å². The maximum Gasteiger partial charge on any atom is 0.248 e. The Balaban J connectivity index is 0.000000232. The van der Waals surface area contributed by atoms with Crippen LogP contribution in [-0.4, -0.2) is 16.0 Å². The van der Waals surface area contributed by atoms with E-state index in [0.29, 0.717) is 11.1 Å². The van der Waals surface area contributed by atoms with Crippen LogP contribution in [0.25, 0.3) is 21.8 Å². The minimum atomic E-state index is -4.11. The first-order valence-corrected chi connectivity index (χ1v) is 16.1. The molecule has 5 heteroatoms. The molecule has 5 aromatic carbocycles. The predicted octanol–water partition coefficient (Wildman–Crippen LogP) is 9.53. The summed E-state index contributed by atoms with van der Waals surface area (Å²) >= 11 is 0. The summed E-state index contributed by atoms with van der Waals surface area (Å²) in [5.41, 5.74) is 6.98. The average molecular weight is 586 g/mol. The van der Waals surface area contributed by atoms with Gasteiger partial charge < -0.3 is 9.55 Å². The Bertz CT molecular complexity index is 1880. The molecule has 43 heavy (non-hydrogen) atoms. The second kappa shape index (κ2) is 12.0. The standard InChI is InChI=1S/C26H27O3P.C12H9N/c1-16-12-18(3)23(19(4)13-16)25(27)30(29,22-10-8-7-9-11-22)26(28)24-20(5)14-17(2)15-21(24)6;1-3-7-11-9(5-1)10-6-2-4-8-12(10)13-11/h7-15H,1-6H3;1-8,13H. The quantitative estimate of drug-likeness (QED) is 0.205. The highest BCUT2D eigenvalue weighted by Crippen LogP contribution is 2.52. The molecule has 0 saturated heterocycles. The average Bonchev–Trinajstić information content (AvgIpc) is 3.35. The molecule has 4 nitrogen and oxygen atoms in total. The van der Waals surface area contributed by atoms with E-state index in [4.69, 9.17) is 0 Å². The fourth-order valence-corrected chi connectivity index (χ4v) is 8.69. The molecule has 1 aromatic heterocycles. The number of carbonyl (C=O) groups is 2. The fourth-order valence-electron chi connectivity index (χ4n) is 6.11. The molecule has 216 valence electrons. The zero-order chi connectivity index (χ0) is 30.9. The summed E-state index contributed by atoms with van der Waals surface area (Å²) in [7, 11) is -4.11. The van der Waals surface area contributed by atoms with Crippen LogP contribution in [0.5, 0.6) is 0 Å². The molecule has 0 aliphatic heterocycles. The number of aryl methyl sites for hydroxylation is 6. The first-order chi connectivity index (χ1) is 20.5. The van der Waals surface area contributed by atoms with Crippen LogP contribution in [-0.2, 0) is 4.57 Å². The largest absolute Gasteiger partial charge is 0.355 e. The molecule has 0 amide bonds. The van der Waals surface area contributed by atoms with Crippen molar-refractivity contribution >= 4 is 45.3 Å². The Labute approximate surface area is 253 Å². The summed E-state index contributed by atoms with van der Waals surface area (Å²) < 4.78 is 14.5. The van der Waals surface area contributed by atoms with E-state index in [1.165, 1.54) is 21.8 Å². The number of hydrogen-bond acceptors (Lipinski definition) is 3. The van der Waals surface area contributed by atoms with Gasteiger partial charge in [0.15, 0.2) is 0 Å². The summed E-state index contributed by atoms with van der Waals surface area (Å²) in [4.78, 5) is 31.1. The van der Waals surface area contributed by atoms with Gasteiger partial charge in [-0.1, -0.05) is 102 Å². The van der Waals surface area contributed by atoms with Gasteiger partial charge in [0.05, 0.1) is 0 Å². The number of benzene rings is 5. The molecular weight excluding hydrogens is 549 g/mol. The fraction of sp³-hybridized carbons (Fsp3) is 0.158. The highest BCUT2D eigenvalue weighted by atomic mass is 31.2. The topological polar surface area (TPSA) is 67.0 Å². The van der Waals surface area contributed by atoms with Crippen LogP contribution in [0.1, 0.15) is 54.1 Å². The molecule has 1 heterocycles. The summed E-state index contributed by atoms with van der Waals surface area (Å²) in [6.45, 7) is 11.2. The van der Waals surface area contributed by atoms with Crippen LogP contribution in [0.3, 0.4) is 0 Å². The summed E-state index contributed by atoms with van der Waals surface area (Å²) in [6, 6.07) is 32.8. The van der Waals surface area contributed by atoms with Crippen molar-refractivity contribution in [2.24, 2.45) is 0 Å². The van der Waals surface area contributed by atoms with E-state index >= 15 is 0 Å². The van der Waals surface area contributed by atoms with Gasteiger partial charge in [-0.2, -0.15) is 0 Å². The van der Waals surface area contributed by atoms with Gasteiger partial charge in [0.2, 0.25) is 18.2 Å². The highest BCUT2D eigenvalue weighted by Gasteiger charge is 2.44. The van der Waals surface area contributed by atoms with Gasteiger partial charge in [0.25, 0.3) is 0 Å². The Morgan fingerprint density at radius 1 is 0.512 bits per heavy atom. The first kappa shape index (κ1) is 29.9. The van der Waals surface area contributed by atoms with Crippen molar-refractivity contribution in [1.82, 2.24) is 4.98 Å². The van der Waals surface area contributed by atoms with Crippen molar-refractivity contribution in [2.75, 3.05) is 0 Å². The molecule has 0 unspecified atom stereocenters. The smallest absolute Gasteiger partial charge is 0.248 e. The van der Waals surface area contributed by atoms with Gasteiger partial charge in [-0.05, 0) is 75.9 Å². The van der Waals surface area contributed by atoms with E-state index in [1.54, 1.807) is 30.3 Å². The Kier molecular flexibility index (Phi) is 8.35. The van der Waals surface area contributed by atoms with Crippen LogP contribution in [0.4, 0.5) is 0 Å². The third-order valence-corrected chi connectivity index (χ3v) is 10.5. The first-order valence-electron chi connectivity index (χ1n) is 14.4. The Morgan fingerprint density at radius 3 is 1.26 bits per heavy atom. The number of para-hydroxylation sites is 2. The molecule has 0 aliphatic carbocycles. The third kappa shape index (κ3) is 5.63. The Morgan fingerprint density at radius 2 is 0.860 bits per heavy atom. The molecular formula is C38H36NO3P. The summed E-state index contributed by atoms with van der Waals surface area (Å²) in [6.07, 6.45) is 0. The van der Waals surface area contributed by atoms with Crippen molar-refractivity contribution < 1.29 is 14.2 Å². The lowest BCUT2D eigenvalue weighted by atomic mass is 10.0. The van der Waals surface area contributed by atoms with E-state index in [2.05, 4.69) is 53.5 Å². The Hall–Kier alpha value is -4.53. The van der Waals surface area contributed by atoms with Gasteiger partial charge in [-0.25, -0.2) is 0 Å². The molecule has 0 aliphatic rings. The minimum absolute atomic E-state index is 0.277. The lowest BCUT2D eigenvalue weighted by molar-refractivity contribution is 0.104. The second-order valence-electron chi connectivity index (χ2n) is 11.3. The normalized spacial score (nSPS) is 11.3. The molecule has 6 aromatic rings. The molecule has 0 atom stereocenters. The number of carbonyl (C=O) groups excluding carboxylic acids is 2. The molecule has 1 N–H and O–H groups in total. The minimum Gasteiger partial charge on any atom is -0.355 e. The maximum atomic E-state index is 14.5. The molecule has 0 saturated carbocycles. The molecule has 0 radical (unpaired) electrons. The zero-order valence-corrected chi connectivity index (χ0v) is 26.4. The van der Waals surface area contributed by atoms with Crippen molar-refractivity contribution in [3.8, 4) is 0 Å². The van der Waals surface area contributed by atoms with Crippen LogP contribution in [0.2, 0.25) is 0 Å². The number of nitrogens with one attached hydrogen (secondary N) is 1. The maximum absolute atomic E-state index is 14.5. The lowest BCUT2D eigenvalue weighted by Gasteiger charge is -2.21. The van der Waals surface area contributed by atoms with Gasteiger partial charge in [0.1, 0.15) is 0 Å². The van der Waals surface area contributed by atoms with Crippen molar-refractivity contribution in [3.63, 3.8) is 0 Å². The highest BCUT2D eigenvalue weighted by molar-refractivity contribution is 8.01. The monoisotopic (exact) mass is 585 g/mol. The zero-order valence-electron chi connectivity index (χ0n) is 25.5. The number of rotatable bonds is 5. The van der Waals surface area contributed by atoms with Crippen molar-refractivity contribution in [1.29, 1.82) is 0 Å². The summed E-state index contributed by atoms with van der Waals surface area (Å²) in [5, 5.41) is 2.88. The van der Waals surface area contributed by atoms with E-state index in [1.807, 2.05) is 65.8 Å². The van der Waals surface area contributed by atoms with Gasteiger partial charge in [-0.3, -0.25) is 9.59 Å². The molecule has 6 rings (SSSR count). The number of aromatic amines is 1. The predicted molar refractivity (Wildman–Crippen MR) is 179 cm³/mol. The van der Waals surface area contributed by atoms with E-state index in [-0.39, 0.29) is 5.30 Å².